The molecule has 108 valence electrons. The molecule has 3 nitrogen and oxygen atoms in total. The summed E-state index contributed by atoms with van der Waals surface area (Å²) in [6.07, 6.45) is 3.16. The summed E-state index contributed by atoms with van der Waals surface area (Å²) in [4.78, 5) is 12.1. The number of benzene rings is 1. The Balaban J connectivity index is 2.06. The van der Waals surface area contributed by atoms with E-state index in [0.717, 1.165) is 22.1 Å². The lowest BCUT2D eigenvalue weighted by Gasteiger charge is -2.34. The van der Waals surface area contributed by atoms with Gasteiger partial charge in [-0.3, -0.25) is 4.79 Å². The van der Waals surface area contributed by atoms with Crippen LogP contribution < -0.4 is 5.43 Å². The fourth-order valence-electron chi connectivity index (χ4n) is 3.04. The predicted molar refractivity (Wildman–Crippen MR) is 90.9 cm³/mol. The van der Waals surface area contributed by atoms with E-state index in [9.17, 15) is 4.79 Å². The van der Waals surface area contributed by atoms with Crippen molar-refractivity contribution >= 4 is 34.2 Å². The first kappa shape index (κ1) is 15.5. The number of hydrogen-bond donors (Lipinski definition) is 1. The zero-order chi connectivity index (χ0) is 14.8. The van der Waals surface area contributed by atoms with E-state index in [-0.39, 0.29) is 11.3 Å². The van der Waals surface area contributed by atoms with Gasteiger partial charge in [0, 0.05) is 9.28 Å². The summed E-state index contributed by atoms with van der Waals surface area (Å²) in [5.74, 6) is 0.504. The molecule has 0 spiro atoms. The number of amides is 1. The number of carbonyl (C=O) groups excluding carboxylic acids is 1. The molecule has 0 heterocycles. The minimum Gasteiger partial charge on any atom is -0.267 e. The minimum atomic E-state index is -0.126. The van der Waals surface area contributed by atoms with Crippen molar-refractivity contribution in [1.82, 2.24) is 5.43 Å². The summed E-state index contributed by atoms with van der Waals surface area (Å²) < 4.78 is 0.945. The first-order valence-corrected chi connectivity index (χ1v) is 8.05. The third kappa shape index (κ3) is 4.04. The summed E-state index contributed by atoms with van der Waals surface area (Å²) in [5.41, 5.74) is 4.78. The number of hydrogen-bond acceptors (Lipinski definition) is 2. The van der Waals surface area contributed by atoms with Crippen LogP contribution in [0.2, 0.25) is 0 Å². The number of hydrazone groups is 1. The zero-order valence-corrected chi connectivity index (χ0v) is 14.4. The van der Waals surface area contributed by atoms with Gasteiger partial charge in [0.15, 0.2) is 0 Å². The van der Waals surface area contributed by atoms with Crippen molar-refractivity contribution in [2.45, 2.75) is 40.0 Å². The van der Waals surface area contributed by atoms with E-state index in [0.29, 0.717) is 11.5 Å². The summed E-state index contributed by atoms with van der Waals surface area (Å²) in [6, 6.07) is 7.55. The second-order valence-electron chi connectivity index (χ2n) is 6.45. The second kappa shape index (κ2) is 6.24. The molecule has 0 radical (unpaired) electrons. The summed E-state index contributed by atoms with van der Waals surface area (Å²) in [6.45, 7) is 6.78. The number of rotatable bonds is 2. The quantitative estimate of drug-likeness (QED) is 0.602. The van der Waals surface area contributed by atoms with Gasteiger partial charge in [-0.05, 0) is 65.3 Å². The first-order valence-electron chi connectivity index (χ1n) is 6.98. The van der Waals surface area contributed by atoms with Gasteiger partial charge in [-0.2, -0.15) is 5.10 Å². The number of carbonyl (C=O) groups is 1. The average Bonchev–Trinajstić information content (AvgIpc) is 2.34. The first-order chi connectivity index (χ1) is 9.37. The van der Waals surface area contributed by atoms with Crippen LogP contribution in [-0.2, 0) is 0 Å². The molecule has 0 saturated heterocycles. The van der Waals surface area contributed by atoms with Gasteiger partial charge in [-0.1, -0.05) is 32.9 Å². The van der Waals surface area contributed by atoms with E-state index < -0.39 is 0 Å². The molecule has 1 aromatic rings. The lowest BCUT2D eigenvalue weighted by molar-refractivity contribution is 0.0953. The molecule has 1 aliphatic carbocycles. The third-order valence-corrected chi connectivity index (χ3v) is 4.54. The van der Waals surface area contributed by atoms with E-state index in [1.807, 2.05) is 24.3 Å². The van der Waals surface area contributed by atoms with Crippen molar-refractivity contribution in [2.24, 2.45) is 16.4 Å². The van der Waals surface area contributed by atoms with Crippen LogP contribution >= 0.6 is 22.6 Å². The molecule has 0 bridgehead atoms. The molecule has 1 unspecified atom stereocenters. The summed E-state index contributed by atoms with van der Waals surface area (Å²) in [5, 5.41) is 4.36. The van der Waals surface area contributed by atoms with Gasteiger partial charge in [0.05, 0.1) is 5.56 Å². The van der Waals surface area contributed by atoms with E-state index in [1.165, 1.54) is 6.42 Å². The third-order valence-electron chi connectivity index (χ3n) is 3.60. The molecule has 2 rings (SSSR count). The van der Waals surface area contributed by atoms with E-state index in [2.05, 4.69) is 53.9 Å². The average molecular weight is 384 g/mol. The molecule has 1 aliphatic rings. The fraction of sp³-hybridized carbons (Fsp3) is 0.500. The second-order valence-corrected chi connectivity index (χ2v) is 7.62. The Labute approximate surface area is 134 Å². The zero-order valence-electron chi connectivity index (χ0n) is 12.2. The maximum atomic E-state index is 12.1. The van der Waals surface area contributed by atoms with Crippen molar-refractivity contribution in [1.29, 1.82) is 0 Å². The topological polar surface area (TPSA) is 41.5 Å². The van der Waals surface area contributed by atoms with Gasteiger partial charge in [0.2, 0.25) is 0 Å². The monoisotopic (exact) mass is 384 g/mol. The number of nitrogens with zero attached hydrogens (tertiary/aromatic N) is 1. The minimum absolute atomic E-state index is 0.126. The molecule has 1 atom stereocenters. The highest BCUT2D eigenvalue weighted by Crippen LogP contribution is 2.36. The molecule has 1 fully saturated rings. The fourth-order valence-corrected chi connectivity index (χ4v) is 3.67. The van der Waals surface area contributed by atoms with Gasteiger partial charge >= 0.3 is 0 Å². The molecule has 0 aliphatic heterocycles. The van der Waals surface area contributed by atoms with Gasteiger partial charge < -0.3 is 0 Å². The van der Waals surface area contributed by atoms with Gasteiger partial charge in [-0.15, -0.1) is 0 Å². The highest BCUT2D eigenvalue weighted by atomic mass is 127. The summed E-state index contributed by atoms with van der Waals surface area (Å²) >= 11 is 2.17. The van der Waals surface area contributed by atoms with Gasteiger partial charge in [0.25, 0.3) is 5.91 Å². The van der Waals surface area contributed by atoms with Crippen LogP contribution in [0.1, 0.15) is 50.4 Å². The Morgan fingerprint density at radius 1 is 1.40 bits per heavy atom. The van der Waals surface area contributed by atoms with Crippen molar-refractivity contribution in [2.75, 3.05) is 0 Å². The molecule has 20 heavy (non-hydrogen) atoms. The number of halogens is 1. The predicted octanol–water partition coefficient (Wildman–Crippen LogP) is 4.22. The van der Waals surface area contributed by atoms with Gasteiger partial charge in [0.1, 0.15) is 0 Å². The molecule has 1 aromatic carbocycles. The molecule has 1 N–H and O–H groups in total. The van der Waals surface area contributed by atoms with Crippen molar-refractivity contribution < 1.29 is 4.79 Å². The van der Waals surface area contributed by atoms with Crippen LogP contribution in [0, 0.1) is 14.9 Å². The van der Waals surface area contributed by atoms with Crippen LogP contribution in [-0.4, -0.2) is 11.6 Å². The normalized spacial score (nSPS) is 23.6. The van der Waals surface area contributed by atoms with E-state index >= 15 is 0 Å². The highest BCUT2D eigenvalue weighted by molar-refractivity contribution is 14.1. The van der Waals surface area contributed by atoms with Gasteiger partial charge in [-0.25, -0.2) is 5.43 Å². The Hall–Kier alpha value is -0.910. The largest absolute Gasteiger partial charge is 0.272 e. The highest BCUT2D eigenvalue weighted by Gasteiger charge is 2.29. The molecule has 1 saturated carbocycles. The van der Waals surface area contributed by atoms with E-state index in [4.69, 9.17) is 0 Å². The molecular formula is C16H21IN2O. The van der Waals surface area contributed by atoms with Crippen LogP contribution in [0.25, 0.3) is 0 Å². The van der Waals surface area contributed by atoms with Crippen LogP contribution in [0.3, 0.4) is 0 Å². The Kier molecular flexibility index (Phi) is 4.83. The van der Waals surface area contributed by atoms with Crippen LogP contribution in [0.5, 0.6) is 0 Å². The molecular weight excluding hydrogens is 363 g/mol. The number of nitrogens with one attached hydrogen (secondary N) is 1. The van der Waals surface area contributed by atoms with Crippen molar-refractivity contribution in [3.8, 4) is 0 Å². The van der Waals surface area contributed by atoms with Crippen LogP contribution in [0.15, 0.2) is 29.4 Å². The van der Waals surface area contributed by atoms with E-state index in [1.54, 1.807) is 0 Å². The smallest absolute Gasteiger partial charge is 0.267 e. The standard InChI is InChI=1S/C16H21IN2O/c1-11-8-12(10-16(2,3)9-11)18-19-15(20)13-6-4-5-7-14(13)17/h4-7,11H,8-10H2,1-3H3,(H,19,20). The lowest BCUT2D eigenvalue weighted by atomic mass is 9.72. The molecule has 4 heteroatoms. The Bertz CT molecular complexity index is 537. The van der Waals surface area contributed by atoms with Crippen LogP contribution in [0.4, 0.5) is 0 Å². The van der Waals surface area contributed by atoms with Crippen molar-refractivity contribution in [3.05, 3.63) is 33.4 Å². The summed E-state index contributed by atoms with van der Waals surface area (Å²) in [7, 11) is 0. The molecule has 1 amide bonds. The molecule has 0 aromatic heterocycles. The lowest BCUT2D eigenvalue weighted by Crippen LogP contribution is -2.30. The maximum Gasteiger partial charge on any atom is 0.272 e. The SMILES string of the molecule is CC1CC(=NNC(=O)c2ccccc2I)CC(C)(C)C1. The Morgan fingerprint density at radius 3 is 2.75 bits per heavy atom. The Morgan fingerprint density at radius 2 is 2.10 bits per heavy atom. The maximum absolute atomic E-state index is 12.1. The van der Waals surface area contributed by atoms with Crippen molar-refractivity contribution in [3.63, 3.8) is 0 Å².